The minimum Gasteiger partial charge on any atom is -0.261 e. The number of halogens is 4. The second-order valence-corrected chi connectivity index (χ2v) is 5.27. The molecule has 110 valence electrons. The minimum atomic E-state index is -4.31. The highest BCUT2D eigenvalue weighted by molar-refractivity contribution is 8.00. The molecule has 0 unspecified atom stereocenters. The highest BCUT2D eigenvalue weighted by Crippen LogP contribution is 2.37. The fraction of sp³-hybridized carbons (Fsp3) is 0.143. The summed E-state index contributed by atoms with van der Waals surface area (Å²) in [7, 11) is 0. The smallest absolute Gasteiger partial charge is 0.261 e. The maximum atomic E-state index is 13.0. The Hall–Kier alpha value is -1.89. The molecule has 0 radical (unpaired) electrons. The standard InChI is InChI=1S/C14H10F4N2S/c1-9(10-6-11(15)8-19-7-10)20-12-2-4-13(5-3-12)21-14(16,17)18/h2-8H,1H3. The lowest BCUT2D eigenvalue weighted by Crippen LogP contribution is -1.98. The van der Waals surface area contributed by atoms with Crippen molar-refractivity contribution < 1.29 is 17.6 Å². The maximum Gasteiger partial charge on any atom is 0.446 e. The summed E-state index contributed by atoms with van der Waals surface area (Å²) in [4.78, 5) is 8.03. The van der Waals surface area contributed by atoms with Gasteiger partial charge in [-0.15, -0.1) is 0 Å². The molecule has 0 amide bonds. The Bertz CT molecular complexity index is 651. The van der Waals surface area contributed by atoms with Crippen LogP contribution in [0.25, 0.3) is 0 Å². The SMILES string of the molecule is CC(=Nc1ccc(SC(F)(F)F)cc1)c1cncc(F)c1. The number of benzene rings is 1. The summed E-state index contributed by atoms with van der Waals surface area (Å²) in [5, 5.41) is 0. The molecule has 1 aromatic heterocycles. The fourth-order valence-corrected chi connectivity index (χ4v) is 2.13. The number of rotatable bonds is 3. The van der Waals surface area contributed by atoms with Gasteiger partial charge in [0.15, 0.2) is 0 Å². The van der Waals surface area contributed by atoms with E-state index < -0.39 is 11.3 Å². The highest BCUT2D eigenvalue weighted by atomic mass is 32.2. The molecular weight excluding hydrogens is 304 g/mol. The molecule has 0 saturated carbocycles. The van der Waals surface area contributed by atoms with Crippen molar-refractivity contribution in [3.8, 4) is 0 Å². The van der Waals surface area contributed by atoms with Gasteiger partial charge in [-0.05, 0) is 49.0 Å². The van der Waals surface area contributed by atoms with Crippen molar-refractivity contribution in [2.45, 2.75) is 17.3 Å². The Morgan fingerprint density at radius 3 is 2.38 bits per heavy atom. The zero-order valence-corrected chi connectivity index (χ0v) is 11.7. The molecule has 2 rings (SSSR count). The van der Waals surface area contributed by atoms with Gasteiger partial charge in [0.05, 0.1) is 11.9 Å². The minimum absolute atomic E-state index is 0.0894. The Morgan fingerprint density at radius 2 is 1.81 bits per heavy atom. The second-order valence-electron chi connectivity index (χ2n) is 4.13. The van der Waals surface area contributed by atoms with Crippen LogP contribution in [-0.2, 0) is 0 Å². The monoisotopic (exact) mass is 314 g/mol. The first-order valence-electron chi connectivity index (χ1n) is 5.85. The number of hydrogen-bond acceptors (Lipinski definition) is 3. The van der Waals surface area contributed by atoms with Crippen molar-refractivity contribution in [1.29, 1.82) is 0 Å². The van der Waals surface area contributed by atoms with Gasteiger partial charge in [-0.3, -0.25) is 9.98 Å². The summed E-state index contributed by atoms with van der Waals surface area (Å²) in [6, 6.07) is 6.93. The van der Waals surface area contributed by atoms with Crippen molar-refractivity contribution in [3.05, 3.63) is 54.1 Å². The second kappa shape index (κ2) is 6.26. The molecule has 1 heterocycles. The predicted molar refractivity (Wildman–Crippen MR) is 74.4 cm³/mol. The Labute approximate surface area is 122 Å². The van der Waals surface area contributed by atoms with E-state index in [2.05, 4.69) is 9.98 Å². The average Bonchev–Trinajstić information content (AvgIpc) is 2.39. The van der Waals surface area contributed by atoms with Crippen LogP contribution in [0.4, 0.5) is 23.2 Å². The van der Waals surface area contributed by atoms with Crippen molar-refractivity contribution in [1.82, 2.24) is 4.98 Å². The van der Waals surface area contributed by atoms with Gasteiger partial charge in [0.2, 0.25) is 0 Å². The predicted octanol–water partition coefficient (Wildman–Crippen LogP) is 4.97. The van der Waals surface area contributed by atoms with Crippen molar-refractivity contribution >= 4 is 23.2 Å². The molecule has 7 heteroatoms. The summed E-state index contributed by atoms with van der Waals surface area (Å²) in [5.74, 6) is -0.473. The number of hydrogen-bond donors (Lipinski definition) is 0. The van der Waals surface area contributed by atoms with E-state index in [0.29, 0.717) is 17.0 Å². The van der Waals surface area contributed by atoms with Crippen LogP contribution in [-0.4, -0.2) is 16.2 Å². The summed E-state index contributed by atoms with van der Waals surface area (Å²) >= 11 is -0.181. The number of aromatic nitrogens is 1. The molecule has 0 spiro atoms. The zero-order valence-electron chi connectivity index (χ0n) is 10.9. The highest BCUT2D eigenvalue weighted by Gasteiger charge is 2.28. The van der Waals surface area contributed by atoms with Crippen LogP contribution in [0.2, 0.25) is 0 Å². The lowest BCUT2D eigenvalue weighted by Gasteiger charge is -2.05. The van der Waals surface area contributed by atoms with Crippen LogP contribution < -0.4 is 0 Å². The van der Waals surface area contributed by atoms with Crippen LogP contribution in [0.1, 0.15) is 12.5 Å². The summed E-state index contributed by atoms with van der Waals surface area (Å²) in [6.45, 7) is 1.68. The van der Waals surface area contributed by atoms with Gasteiger partial charge in [0, 0.05) is 22.4 Å². The number of thioether (sulfide) groups is 1. The number of nitrogens with zero attached hydrogens (tertiary/aromatic N) is 2. The molecule has 0 aliphatic heterocycles. The summed E-state index contributed by atoms with van der Waals surface area (Å²) in [5.41, 5.74) is -2.78. The molecule has 0 N–H and O–H groups in total. The molecular formula is C14H10F4N2S. The van der Waals surface area contributed by atoms with Gasteiger partial charge < -0.3 is 0 Å². The van der Waals surface area contributed by atoms with Crippen LogP contribution in [0, 0.1) is 5.82 Å². The van der Waals surface area contributed by atoms with Crippen molar-refractivity contribution in [2.75, 3.05) is 0 Å². The summed E-state index contributed by atoms with van der Waals surface area (Å²) < 4.78 is 49.7. The van der Waals surface area contributed by atoms with Gasteiger partial charge in [-0.1, -0.05) is 0 Å². The van der Waals surface area contributed by atoms with Gasteiger partial charge in [-0.2, -0.15) is 13.2 Å². The average molecular weight is 314 g/mol. The Morgan fingerprint density at radius 1 is 1.14 bits per heavy atom. The van der Waals surface area contributed by atoms with Crippen LogP contribution in [0.5, 0.6) is 0 Å². The molecule has 21 heavy (non-hydrogen) atoms. The third-order valence-electron chi connectivity index (χ3n) is 2.49. The van der Waals surface area contributed by atoms with Crippen LogP contribution in [0.15, 0.2) is 52.6 Å². The molecule has 0 atom stereocenters. The van der Waals surface area contributed by atoms with Gasteiger partial charge >= 0.3 is 5.51 Å². The van der Waals surface area contributed by atoms with E-state index in [1.54, 1.807) is 6.92 Å². The maximum absolute atomic E-state index is 13.0. The van der Waals surface area contributed by atoms with E-state index >= 15 is 0 Å². The molecule has 2 aromatic rings. The molecule has 0 aliphatic rings. The van der Waals surface area contributed by atoms with E-state index in [0.717, 1.165) is 6.20 Å². The molecule has 2 nitrogen and oxygen atoms in total. The summed E-state index contributed by atoms with van der Waals surface area (Å²) in [6.07, 6.45) is 2.55. The van der Waals surface area contributed by atoms with E-state index in [4.69, 9.17) is 0 Å². The van der Waals surface area contributed by atoms with Gasteiger partial charge in [-0.25, -0.2) is 4.39 Å². The quantitative estimate of drug-likeness (QED) is 0.454. The lowest BCUT2D eigenvalue weighted by molar-refractivity contribution is -0.0328. The normalized spacial score (nSPS) is 12.5. The molecule has 1 aromatic carbocycles. The van der Waals surface area contributed by atoms with Gasteiger partial charge in [0.1, 0.15) is 5.82 Å². The number of pyridine rings is 1. The van der Waals surface area contributed by atoms with Crippen LogP contribution >= 0.6 is 11.8 Å². The zero-order chi connectivity index (χ0) is 15.5. The fourth-order valence-electron chi connectivity index (χ4n) is 1.59. The Kier molecular flexibility index (Phi) is 4.62. The van der Waals surface area contributed by atoms with Crippen molar-refractivity contribution in [3.63, 3.8) is 0 Å². The molecule has 0 saturated heterocycles. The first kappa shape index (κ1) is 15.5. The largest absolute Gasteiger partial charge is 0.446 e. The van der Waals surface area contributed by atoms with E-state index in [1.165, 1.54) is 36.5 Å². The first-order valence-corrected chi connectivity index (χ1v) is 6.67. The molecule has 0 aliphatic carbocycles. The molecule has 0 fully saturated rings. The van der Waals surface area contributed by atoms with Crippen molar-refractivity contribution in [2.24, 2.45) is 4.99 Å². The third kappa shape index (κ3) is 4.86. The molecule has 0 bridgehead atoms. The topological polar surface area (TPSA) is 25.2 Å². The number of aliphatic imine (C=N–C) groups is 1. The van der Waals surface area contributed by atoms with E-state index in [1.807, 2.05) is 0 Å². The third-order valence-corrected chi connectivity index (χ3v) is 3.23. The first-order chi connectivity index (χ1) is 9.83. The van der Waals surface area contributed by atoms with E-state index in [9.17, 15) is 17.6 Å². The van der Waals surface area contributed by atoms with Gasteiger partial charge in [0.25, 0.3) is 0 Å². The van der Waals surface area contributed by atoms with Crippen LogP contribution in [0.3, 0.4) is 0 Å². The Balaban J connectivity index is 2.17. The lowest BCUT2D eigenvalue weighted by atomic mass is 10.2. The van der Waals surface area contributed by atoms with E-state index in [-0.39, 0.29) is 16.7 Å². The number of alkyl halides is 3.